The van der Waals surface area contributed by atoms with Crippen molar-refractivity contribution in [2.24, 2.45) is 5.73 Å². The monoisotopic (exact) mass is 423 g/mol. The third kappa shape index (κ3) is 4.08. The highest BCUT2D eigenvalue weighted by Gasteiger charge is 2.25. The summed E-state index contributed by atoms with van der Waals surface area (Å²) in [5.74, 6) is -1.38. The lowest BCUT2D eigenvalue weighted by atomic mass is 10.2. The fourth-order valence-electron chi connectivity index (χ4n) is 2.34. The molecule has 148 valence electrons. The first-order chi connectivity index (χ1) is 13.2. The predicted octanol–water partition coefficient (Wildman–Crippen LogP) is 2.01. The summed E-state index contributed by atoms with van der Waals surface area (Å²) in [4.78, 5) is 23.4. The maximum atomic E-state index is 12.7. The van der Waals surface area contributed by atoms with Crippen molar-refractivity contribution in [2.45, 2.75) is 18.7 Å². The normalized spacial score (nSPS) is 10.8. The van der Waals surface area contributed by atoms with Gasteiger partial charge in [0.05, 0.1) is 29.7 Å². The first-order valence-electron chi connectivity index (χ1n) is 7.87. The molecule has 2 rings (SSSR count). The number of ether oxygens (including phenoxy) is 2. The number of hydrogen-bond donors (Lipinski definition) is 2. The zero-order chi connectivity index (χ0) is 21.1. The summed E-state index contributed by atoms with van der Waals surface area (Å²) >= 11 is 0.795. The highest BCUT2D eigenvalue weighted by atomic mass is 32.2. The van der Waals surface area contributed by atoms with Crippen molar-refractivity contribution in [3.8, 4) is 11.8 Å². The summed E-state index contributed by atoms with van der Waals surface area (Å²) < 4.78 is 37.7. The van der Waals surface area contributed by atoms with E-state index >= 15 is 0 Å². The Kier molecular flexibility index (Phi) is 6.27. The molecule has 0 unspecified atom stereocenters. The minimum absolute atomic E-state index is 0.0141. The van der Waals surface area contributed by atoms with Crippen LogP contribution in [0.4, 0.5) is 5.00 Å². The molecule has 0 saturated carbocycles. The molecule has 0 fully saturated rings. The minimum atomic E-state index is -4.17. The van der Waals surface area contributed by atoms with Gasteiger partial charge in [0.25, 0.3) is 15.9 Å². The van der Waals surface area contributed by atoms with Crippen LogP contribution in [0.25, 0.3) is 0 Å². The van der Waals surface area contributed by atoms with E-state index in [1.165, 1.54) is 26.2 Å². The third-order valence-electron chi connectivity index (χ3n) is 3.69. The van der Waals surface area contributed by atoms with E-state index in [-0.39, 0.29) is 38.3 Å². The smallest absolute Gasteiger partial charge is 0.348 e. The van der Waals surface area contributed by atoms with Crippen molar-refractivity contribution in [3.63, 3.8) is 0 Å². The van der Waals surface area contributed by atoms with Crippen molar-refractivity contribution in [1.29, 1.82) is 5.26 Å². The van der Waals surface area contributed by atoms with Crippen LogP contribution in [-0.4, -0.2) is 34.0 Å². The number of methoxy groups -OCH3 is 1. The van der Waals surface area contributed by atoms with Crippen molar-refractivity contribution in [3.05, 3.63) is 39.8 Å². The Balaban J connectivity index is 2.49. The van der Waals surface area contributed by atoms with Crippen LogP contribution in [0.1, 0.15) is 38.1 Å². The van der Waals surface area contributed by atoms with Gasteiger partial charge < -0.3 is 15.2 Å². The zero-order valence-electron chi connectivity index (χ0n) is 15.2. The molecule has 0 saturated heterocycles. The van der Waals surface area contributed by atoms with Crippen LogP contribution in [0.5, 0.6) is 5.75 Å². The first kappa shape index (κ1) is 21.2. The number of hydrogen-bond acceptors (Lipinski definition) is 8. The number of nitriles is 1. The quantitative estimate of drug-likeness (QED) is 0.647. The van der Waals surface area contributed by atoms with E-state index in [4.69, 9.17) is 15.2 Å². The maximum absolute atomic E-state index is 12.7. The number of nitrogens with zero attached hydrogens (tertiary/aromatic N) is 1. The van der Waals surface area contributed by atoms with Crippen molar-refractivity contribution < 1.29 is 27.5 Å². The summed E-state index contributed by atoms with van der Waals surface area (Å²) in [6.45, 7) is 3.30. The molecule has 3 N–H and O–H groups in total. The highest BCUT2D eigenvalue weighted by Crippen LogP contribution is 2.35. The second-order valence-electron chi connectivity index (χ2n) is 5.42. The number of rotatable bonds is 7. The van der Waals surface area contributed by atoms with Crippen LogP contribution in [-0.2, 0) is 14.8 Å². The Morgan fingerprint density at radius 3 is 2.57 bits per heavy atom. The molecule has 0 aliphatic rings. The fraction of sp³-hybridized carbons (Fsp3) is 0.235. The van der Waals surface area contributed by atoms with E-state index in [0.29, 0.717) is 5.56 Å². The van der Waals surface area contributed by atoms with E-state index in [2.05, 4.69) is 4.72 Å². The van der Waals surface area contributed by atoms with Gasteiger partial charge in [0.1, 0.15) is 21.7 Å². The number of primary amides is 1. The predicted molar refractivity (Wildman–Crippen MR) is 102 cm³/mol. The highest BCUT2D eigenvalue weighted by molar-refractivity contribution is 7.93. The number of nitrogens with two attached hydrogens (primary N) is 1. The average Bonchev–Trinajstić information content (AvgIpc) is 2.95. The lowest BCUT2D eigenvalue weighted by Crippen LogP contribution is -2.16. The van der Waals surface area contributed by atoms with Crippen LogP contribution in [0.3, 0.4) is 0 Å². The van der Waals surface area contributed by atoms with Gasteiger partial charge in [-0.05, 0) is 37.6 Å². The minimum Gasteiger partial charge on any atom is -0.496 e. The number of sulfonamides is 1. The van der Waals surface area contributed by atoms with Crippen LogP contribution >= 0.6 is 11.3 Å². The second-order valence-corrected chi connectivity index (χ2v) is 8.13. The Labute approximate surface area is 165 Å². The van der Waals surface area contributed by atoms with E-state index in [9.17, 15) is 23.3 Å². The van der Waals surface area contributed by atoms with Crippen molar-refractivity contribution >= 4 is 38.2 Å². The summed E-state index contributed by atoms with van der Waals surface area (Å²) in [6.07, 6.45) is 0. The molecule has 1 heterocycles. The molecule has 9 nitrogen and oxygen atoms in total. The molecule has 11 heteroatoms. The third-order valence-corrected chi connectivity index (χ3v) is 6.36. The summed E-state index contributed by atoms with van der Waals surface area (Å²) in [6, 6.07) is 5.48. The first-order valence-corrected chi connectivity index (χ1v) is 10.2. The van der Waals surface area contributed by atoms with Crippen molar-refractivity contribution in [1.82, 2.24) is 0 Å². The largest absolute Gasteiger partial charge is 0.496 e. The molecular weight excluding hydrogens is 406 g/mol. The van der Waals surface area contributed by atoms with Gasteiger partial charge >= 0.3 is 5.97 Å². The second kappa shape index (κ2) is 8.28. The molecule has 0 aliphatic carbocycles. The molecule has 0 bridgehead atoms. The standard InChI is InChI=1S/C17H17N3O6S2/c1-4-26-17(22)14-9(2)12(8-18)16(27-14)20-28(23,24)10-5-6-13(25-3)11(7-10)15(19)21/h5-7,20H,4H2,1-3H3,(H2,19,21). The topological polar surface area (TPSA) is 149 Å². The molecule has 1 amide bonds. The van der Waals surface area contributed by atoms with Gasteiger partial charge in [-0.1, -0.05) is 0 Å². The molecule has 0 radical (unpaired) electrons. The number of nitrogens with one attached hydrogen (secondary N) is 1. The summed E-state index contributed by atoms with van der Waals surface area (Å²) in [5.41, 5.74) is 5.48. The number of benzene rings is 1. The maximum Gasteiger partial charge on any atom is 0.348 e. The number of carbonyl (C=O) groups is 2. The van der Waals surface area contributed by atoms with Crippen LogP contribution < -0.4 is 15.2 Å². The summed E-state index contributed by atoms with van der Waals surface area (Å²) in [5, 5.41) is 9.34. The van der Waals surface area contributed by atoms with E-state index in [0.717, 1.165) is 17.4 Å². The lowest BCUT2D eigenvalue weighted by Gasteiger charge is -2.10. The molecule has 0 aliphatic heterocycles. The van der Waals surface area contributed by atoms with Gasteiger partial charge in [-0.25, -0.2) is 13.2 Å². The Hall–Kier alpha value is -3.10. The number of thiophene rings is 1. The fourth-order valence-corrected chi connectivity index (χ4v) is 4.72. The number of amides is 1. The van der Waals surface area contributed by atoms with Crippen molar-refractivity contribution in [2.75, 3.05) is 18.4 Å². The SMILES string of the molecule is CCOC(=O)c1sc(NS(=O)(=O)c2ccc(OC)c(C(N)=O)c2)c(C#N)c1C. The number of carbonyl (C=O) groups excluding carboxylic acids is 2. The van der Waals surface area contributed by atoms with Gasteiger partial charge in [0.15, 0.2) is 0 Å². The Morgan fingerprint density at radius 2 is 2.04 bits per heavy atom. The Bertz CT molecular complexity index is 1080. The zero-order valence-corrected chi connectivity index (χ0v) is 16.9. The van der Waals surface area contributed by atoms with Gasteiger partial charge in [-0.15, -0.1) is 11.3 Å². The van der Waals surface area contributed by atoms with Crippen LogP contribution in [0.2, 0.25) is 0 Å². The van der Waals surface area contributed by atoms with E-state index < -0.39 is 21.9 Å². The van der Waals surface area contributed by atoms with Gasteiger partial charge in [-0.3, -0.25) is 9.52 Å². The van der Waals surface area contributed by atoms with Gasteiger partial charge in [-0.2, -0.15) is 5.26 Å². The molecule has 2 aromatic rings. The molecule has 0 spiro atoms. The lowest BCUT2D eigenvalue weighted by molar-refractivity contribution is 0.0531. The molecule has 0 atom stereocenters. The van der Waals surface area contributed by atoms with E-state index in [1.54, 1.807) is 6.92 Å². The van der Waals surface area contributed by atoms with Gasteiger partial charge in [0.2, 0.25) is 0 Å². The molecule has 1 aromatic carbocycles. The average molecular weight is 423 g/mol. The molecular formula is C17H17N3O6S2. The van der Waals surface area contributed by atoms with Crippen LogP contribution in [0, 0.1) is 18.3 Å². The Morgan fingerprint density at radius 1 is 1.36 bits per heavy atom. The molecule has 28 heavy (non-hydrogen) atoms. The van der Waals surface area contributed by atoms with E-state index in [1.807, 2.05) is 6.07 Å². The number of anilines is 1. The number of esters is 1. The summed E-state index contributed by atoms with van der Waals surface area (Å²) in [7, 11) is -2.86. The molecule has 1 aromatic heterocycles. The van der Waals surface area contributed by atoms with Gasteiger partial charge in [0, 0.05) is 0 Å². The van der Waals surface area contributed by atoms with Crippen LogP contribution in [0.15, 0.2) is 23.1 Å².